The minimum Gasteiger partial charge on any atom is -0.476 e. The van der Waals surface area contributed by atoms with Gasteiger partial charge in [0.05, 0.1) is 6.04 Å². The van der Waals surface area contributed by atoms with Gasteiger partial charge in [-0.1, -0.05) is 18.1 Å². The van der Waals surface area contributed by atoms with Gasteiger partial charge in [-0.2, -0.15) is 0 Å². The van der Waals surface area contributed by atoms with E-state index in [9.17, 15) is 9.90 Å². The molecule has 0 radical (unpaired) electrons. The van der Waals surface area contributed by atoms with E-state index >= 15 is 0 Å². The first-order valence-electron chi connectivity index (χ1n) is 6.34. The first-order chi connectivity index (χ1) is 9.18. The van der Waals surface area contributed by atoms with E-state index in [1.807, 2.05) is 7.05 Å². The summed E-state index contributed by atoms with van der Waals surface area (Å²) >= 11 is 0. The number of carboxylic acid groups (broad SMARTS) is 1. The predicted molar refractivity (Wildman–Crippen MR) is 66.7 cm³/mol. The smallest absolute Gasteiger partial charge is 0.358 e. The first-order valence-corrected chi connectivity index (χ1v) is 6.34. The van der Waals surface area contributed by atoms with Crippen molar-refractivity contribution in [1.29, 1.82) is 0 Å². The summed E-state index contributed by atoms with van der Waals surface area (Å²) in [7, 11) is 1.83. The van der Waals surface area contributed by atoms with Crippen LogP contribution in [0.2, 0.25) is 0 Å². The Morgan fingerprint density at radius 3 is 2.74 bits per heavy atom. The Kier molecular flexibility index (Phi) is 2.81. The summed E-state index contributed by atoms with van der Waals surface area (Å²) in [6, 6.07) is 0.229. The maximum atomic E-state index is 11.3. The van der Waals surface area contributed by atoms with Crippen molar-refractivity contribution in [3.05, 3.63) is 18.1 Å². The van der Waals surface area contributed by atoms with Crippen LogP contribution in [0.1, 0.15) is 42.2 Å². The summed E-state index contributed by atoms with van der Waals surface area (Å²) < 4.78 is 3.52. The standard InChI is InChI=1S/C12H15N5O2/c1-16-7-6-13-11(16)10-9(12(18)19)14-15-17(10)8-4-2-3-5-8/h6-8H,2-5H2,1H3,(H,18,19). The van der Waals surface area contributed by atoms with Crippen molar-refractivity contribution >= 4 is 5.97 Å². The van der Waals surface area contributed by atoms with Crippen LogP contribution < -0.4 is 0 Å². The molecule has 0 atom stereocenters. The molecule has 0 aliphatic heterocycles. The number of aromatic carboxylic acids is 1. The lowest BCUT2D eigenvalue weighted by Gasteiger charge is -2.12. The molecule has 19 heavy (non-hydrogen) atoms. The average Bonchev–Trinajstić information content (AvgIpc) is 3.06. The van der Waals surface area contributed by atoms with Gasteiger partial charge in [-0.3, -0.25) is 0 Å². The summed E-state index contributed by atoms with van der Waals surface area (Å²) in [6.07, 6.45) is 7.75. The van der Waals surface area contributed by atoms with E-state index in [0.717, 1.165) is 25.7 Å². The molecule has 2 aromatic heterocycles. The number of aromatic nitrogens is 5. The molecule has 7 nitrogen and oxygen atoms in total. The zero-order chi connectivity index (χ0) is 13.4. The third-order valence-corrected chi connectivity index (χ3v) is 3.60. The largest absolute Gasteiger partial charge is 0.476 e. The summed E-state index contributed by atoms with van der Waals surface area (Å²) in [5, 5.41) is 17.1. The Hall–Kier alpha value is -2.18. The Morgan fingerprint density at radius 1 is 1.42 bits per heavy atom. The number of carbonyl (C=O) groups is 1. The van der Waals surface area contributed by atoms with Gasteiger partial charge in [0, 0.05) is 19.4 Å². The highest BCUT2D eigenvalue weighted by Crippen LogP contribution is 2.33. The molecule has 3 rings (SSSR count). The van der Waals surface area contributed by atoms with Crippen LogP contribution in [0.4, 0.5) is 0 Å². The molecule has 2 aromatic rings. The van der Waals surface area contributed by atoms with E-state index in [4.69, 9.17) is 0 Å². The molecule has 1 aliphatic rings. The third-order valence-electron chi connectivity index (χ3n) is 3.60. The molecule has 1 N–H and O–H groups in total. The first kappa shape index (κ1) is 11.9. The van der Waals surface area contributed by atoms with Crippen LogP contribution in [0, 0.1) is 0 Å². The lowest BCUT2D eigenvalue weighted by molar-refractivity contribution is 0.0691. The molecular formula is C12H15N5O2. The maximum Gasteiger partial charge on any atom is 0.358 e. The van der Waals surface area contributed by atoms with Crippen molar-refractivity contribution < 1.29 is 9.90 Å². The van der Waals surface area contributed by atoms with Gasteiger partial charge in [-0.25, -0.2) is 14.5 Å². The predicted octanol–water partition coefficient (Wildman–Crippen LogP) is 1.49. The number of hydrogen-bond donors (Lipinski definition) is 1. The SMILES string of the molecule is Cn1ccnc1-c1c(C(=O)O)nnn1C1CCCC1. The van der Waals surface area contributed by atoms with Crippen molar-refractivity contribution in [1.82, 2.24) is 24.5 Å². The van der Waals surface area contributed by atoms with Gasteiger partial charge in [0.25, 0.3) is 0 Å². The van der Waals surface area contributed by atoms with Crippen LogP contribution in [0.15, 0.2) is 12.4 Å². The Bertz CT molecular complexity index is 609. The number of aryl methyl sites for hydroxylation is 1. The van der Waals surface area contributed by atoms with Crippen molar-refractivity contribution in [3.8, 4) is 11.5 Å². The lowest BCUT2D eigenvalue weighted by Crippen LogP contribution is -2.11. The molecule has 1 aliphatic carbocycles. The molecule has 0 amide bonds. The second kappa shape index (κ2) is 4.49. The van der Waals surface area contributed by atoms with E-state index in [-0.39, 0.29) is 11.7 Å². The summed E-state index contributed by atoms with van der Waals surface area (Å²) in [5.41, 5.74) is 0.480. The van der Waals surface area contributed by atoms with Gasteiger partial charge in [0.1, 0.15) is 5.69 Å². The molecule has 2 heterocycles. The Balaban J connectivity index is 2.15. The number of nitrogens with zero attached hydrogens (tertiary/aromatic N) is 5. The Labute approximate surface area is 109 Å². The average molecular weight is 261 g/mol. The minimum absolute atomic E-state index is 0.0267. The molecule has 7 heteroatoms. The monoisotopic (exact) mass is 261 g/mol. The highest BCUT2D eigenvalue weighted by molar-refractivity contribution is 5.91. The third kappa shape index (κ3) is 1.91. The van der Waals surface area contributed by atoms with Crippen LogP contribution in [0.5, 0.6) is 0 Å². The summed E-state index contributed by atoms with van der Waals surface area (Å²) in [6.45, 7) is 0. The van der Waals surface area contributed by atoms with Crippen LogP contribution in [-0.4, -0.2) is 35.6 Å². The zero-order valence-electron chi connectivity index (χ0n) is 10.7. The van der Waals surface area contributed by atoms with E-state index in [2.05, 4.69) is 15.3 Å². The van der Waals surface area contributed by atoms with Gasteiger partial charge in [0.2, 0.25) is 5.69 Å². The van der Waals surface area contributed by atoms with Crippen LogP contribution in [0.3, 0.4) is 0 Å². The van der Waals surface area contributed by atoms with Crippen molar-refractivity contribution in [2.45, 2.75) is 31.7 Å². The topological polar surface area (TPSA) is 85.8 Å². The van der Waals surface area contributed by atoms with Crippen LogP contribution >= 0.6 is 0 Å². The quantitative estimate of drug-likeness (QED) is 0.904. The lowest BCUT2D eigenvalue weighted by atomic mass is 10.2. The van der Waals surface area contributed by atoms with Crippen molar-refractivity contribution in [3.63, 3.8) is 0 Å². The minimum atomic E-state index is -1.07. The highest BCUT2D eigenvalue weighted by atomic mass is 16.4. The molecule has 0 aromatic carbocycles. The van der Waals surface area contributed by atoms with Crippen LogP contribution in [-0.2, 0) is 7.05 Å². The fourth-order valence-corrected chi connectivity index (χ4v) is 2.64. The number of hydrogen-bond acceptors (Lipinski definition) is 4. The summed E-state index contributed by atoms with van der Waals surface area (Å²) in [4.78, 5) is 15.5. The van der Waals surface area contributed by atoms with E-state index < -0.39 is 5.97 Å². The van der Waals surface area contributed by atoms with Gasteiger partial charge in [-0.15, -0.1) is 5.10 Å². The second-order valence-corrected chi connectivity index (χ2v) is 4.84. The molecule has 0 bridgehead atoms. The van der Waals surface area contributed by atoms with Gasteiger partial charge >= 0.3 is 5.97 Å². The van der Waals surface area contributed by atoms with E-state index in [0.29, 0.717) is 11.5 Å². The fourth-order valence-electron chi connectivity index (χ4n) is 2.64. The van der Waals surface area contributed by atoms with Crippen molar-refractivity contribution in [2.75, 3.05) is 0 Å². The van der Waals surface area contributed by atoms with Crippen molar-refractivity contribution in [2.24, 2.45) is 7.05 Å². The molecule has 100 valence electrons. The zero-order valence-corrected chi connectivity index (χ0v) is 10.7. The molecule has 0 spiro atoms. The molecule has 1 fully saturated rings. The molecule has 0 unspecified atom stereocenters. The molecule has 1 saturated carbocycles. The highest BCUT2D eigenvalue weighted by Gasteiger charge is 2.28. The fraction of sp³-hybridized carbons (Fsp3) is 0.500. The Morgan fingerprint density at radius 2 is 2.16 bits per heavy atom. The number of imidazole rings is 1. The summed E-state index contributed by atoms with van der Waals surface area (Å²) in [5.74, 6) is -0.475. The van der Waals surface area contributed by atoms with Gasteiger partial charge in [0.15, 0.2) is 5.82 Å². The van der Waals surface area contributed by atoms with E-state index in [1.54, 1.807) is 21.6 Å². The number of carboxylic acids is 1. The molecular weight excluding hydrogens is 246 g/mol. The maximum absolute atomic E-state index is 11.3. The normalized spacial score (nSPS) is 16.1. The van der Waals surface area contributed by atoms with E-state index in [1.165, 1.54) is 0 Å². The van der Waals surface area contributed by atoms with Crippen LogP contribution in [0.25, 0.3) is 11.5 Å². The number of rotatable bonds is 3. The second-order valence-electron chi connectivity index (χ2n) is 4.84. The van der Waals surface area contributed by atoms with Gasteiger partial charge in [-0.05, 0) is 12.8 Å². The van der Waals surface area contributed by atoms with Gasteiger partial charge < -0.3 is 9.67 Å². The molecule has 0 saturated heterocycles.